The monoisotopic (exact) mass is 365 g/mol. The number of halogens is 1. The van der Waals surface area contributed by atoms with Gasteiger partial charge in [0.1, 0.15) is 6.23 Å². The van der Waals surface area contributed by atoms with Crippen LogP contribution >= 0.6 is 11.6 Å². The number of hydrogen-bond donors (Lipinski definition) is 2. The Morgan fingerprint density at radius 3 is 2.60 bits per heavy atom. The number of carboxylic acid groups (broad SMARTS) is 1. The van der Waals surface area contributed by atoms with E-state index in [1.165, 1.54) is 6.42 Å². The molecule has 5 heteroatoms. The van der Waals surface area contributed by atoms with Crippen LogP contribution in [0.2, 0.25) is 5.02 Å². The van der Waals surface area contributed by atoms with E-state index in [9.17, 15) is 9.90 Å². The van der Waals surface area contributed by atoms with Crippen LogP contribution in [0.1, 0.15) is 64.3 Å². The summed E-state index contributed by atoms with van der Waals surface area (Å²) >= 11 is 6.14. The number of aliphatic carboxylic acids is 1. The minimum atomic E-state index is -0.832. The van der Waals surface area contributed by atoms with Crippen LogP contribution in [0.5, 0.6) is 0 Å². The van der Waals surface area contributed by atoms with Crippen LogP contribution in [0.4, 0.5) is 0 Å². The van der Waals surface area contributed by atoms with Crippen molar-refractivity contribution in [3.05, 3.63) is 35.0 Å². The summed E-state index contributed by atoms with van der Waals surface area (Å²) in [5, 5.41) is 21.2. The van der Waals surface area contributed by atoms with E-state index in [-0.39, 0.29) is 6.42 Å². The molecule has 0 aliphatic rings. The summed E-state index contributed by atoms with van der Waals surface area (Å²) in [6.45, 7) is 4.45. The molecule has 2 N–H and O–H groups in total. The van der Waals surface area contributed by atoms with Gasteiger partial charge in [0, 0.05) is 22.5 Å². The third-order valence-corrected chi connectivity index (χ3v) is 4.73. The molecule has 0 aliphatic heterocycles. The van der Waals surface area contributed by atoms with Crippen molar-refractivity contribution < 1.29 is 15.0 Å². The number of carbonyl (C=O) groups is 1. The van der Waals surface area contributed by atoms with Gasteiger partial charge in [0.15, 0.2) is 0 Å². The predicted molar refractivity (Wildman–Crippen MR) is 102 cm³/mol. The van der Waals surface area contributed by atoms with Crippen LogP contribution in [0, 0.1) is 5.92 Å². The Bertz CT molecular complexity index is 708. The van der Waals surface area contributed by atoms with Gasteiger partial charge in [-0.05, 0) is 49.8 Å². The van der Waals surface area contributed by atoms with Gasteiger partial charge >= 0.3 is 5.97 Å². The summed E-state index contributed by atoms with van der Waals surface area (Å²) in [6.07, 6.45) is 4.54. The average Bonchev–Trinajstić information content (AvgIpc) is 2.88. The lowest BCUT2D eigenvalue weighted by Gasteiger charge is -2.18. The molecule has 0 radical (unpaired) electrons. The Balaban J connectivity index is 2.18. The van der Waals surface area contributed by atoms with Crippen molar-refractivity contribution in [2.24, 2.45) is 5.92 Å². The fraction of sp³-hybridized carbons (Fsp3) is 0.550. The maximum absolute atomic E-state index is 10.7. The molecule has 2 aromatic rings. The molecular formula is C20H28ClNO3. The minimum Gasteiger partial charge on any atom is -0.481 e. The van der Waals surface area contributed by atoms with E-state index in [2.05, 4.69) is 19.9 Å². The van der Waals surface area contributed by atoms with Crippen molar-refractivity contribution in [2.75, 3.05) is 0 Å². The van der Waals surface area contributed by atoms with Gasteiger partial charge in [-0.25, -0.2) is 0 Å². The van der Waals surface area contributed by atoms with Crippen LogP contribution in [-0.2, 0) is 11.2 Å². The molecule has 1 aromatic heterocycles. The zero-order valence-electron chi connectivity index (χ0n) is 15.0. The highest BCUT2D eigenvalue weighted by Crippen LogP contribution is 2.29. The molecule has 1 unspecified atom stereocenters. The summed E-state index contributed by atoms with van der Waals surface area (Å²) in [6, 6.07) is 7.81. The fourth-order valence-corrected chi connectivity index (χ4v) is 3.39. The first-order valence-electron chi connectivity index (χ1n) is 9.07. The smallest absolute Gasteiger partial charge is 0.303 e. The second-order valence-corrected chi connectivity index (χ2v) is 7.55. The van der Waals surface area contributed by atoms with Crippen molar-refractivity contribution >= 4 is 28.5 Å². The summed E-state index contributed by atoms with van der Waals surface area (Å²) in [4.78, 5) is 10.7. The van der Waals surface area contributed by atoms with Crippen molar-refractivity contribution in [2.45, 2.75) is 65.0 Å². The normalized spacial score (nSPS) is 12.8. The molecule has 0 fully saturated rings. The number of benzene rings is 1. The first-order valence-corrected chi connectivity index (χ1v) is 9.45. The molecule has 2 rings (SSSR count). The zero-order chi connectivity index (χ0) is 18.4. The van der Waals surface area contributed by atoms with Gasteiger partial charge in [0.2, 0.25) is 0 Å². The molecule has 0 aliphatic carbocycles. The number of aromatic nitrogens is 1. The molecule has 1 atom stereocenters. The second-order valence-electron chi connectivity index (χ2n) is 7.12. The molecule has 1 aromatic carbocycles. The highest BCUT2D eigenvalue weighted by Gasteiger charge is 2.16. The third-order valence-electron chi connectivity index (χ3n) is 4.50. The van der Waals surface area contributed by atoms with Crippen LogP contribution in [0.15, 0.2) is 24.3 Å². The van der Waals surface area contributed by atoms with Gasteiger partial charge in [-0.1, -0.05) is 44.4 Å². The first kappa shape index (κ1) is 19.8. The Morgan fingerprint density at radius 1 is 1.16 bits per heavy atom. The topological polar surface area (TPSA) is 62.5 Å². The van der Waals surface area contributed by atoms with E-state index in [4.69, 9.17) is 16.7 Å². The Hall–Kier alpha value is -1.52. The van der Waals surface area contributed by atoms with Crippen molar-refractivity contribution in [3.63, 3.8) is 0 Å². The van der Waals surface area contributed by atoms with Gasteiger partial charge < -0.3 is 14.8 Å². The lowest BCUT2D eigenvalue weighted by Crippen LogP contribution is -2.12. The molecule has 4 nitrogen and oxygen atoms in total. The van der Waals surface area contributed by atoms with Gasteiger partial charge in [-0.15, -0.1) is 0 Å². The van der Waals surface area contributed by atoms with Crippen molar-refractivity contribution in [1.82, 2.24) is 4.57 Å². The summed E-state index contributed by atoms with van der Waals surface area (Å²) in [5.74, 6) is -0.132. The van der Waals surface area contributed by atoms with E-state index < -0.39 is 12.2 Å². The Labute approximate surface area is 154 Å². The van der Waals surface area contributed by atoms with E-state index in [1.54, 1.807) is 0 Å². The lowest BCUT2D eigenvalue weighted by molar-refractivity contribution is -0.137. The van der Waals surface area contributed by atoms with Gasteiger partial charge in [-0.2, -0.15) is 0 Å². The Kier molecular flexibility index (Phi) is 7.33. The van der Waals surface area contributed by atoms with Crippen LogP contribution in [0.3, 0.4) is 0 Å². The van der Waals surface area contributed by atoms with Gasteiger partial charge in [0.25, 0.3) is 0 Å². The number of fused-ring (bicyclic) bond motifs is 1. The molecular weight excluding hydrogens is 338 g/mol. The molecule has 0 spiro atoms. The largest absolute Gasteiger partial charge is 0.481 e. The maximum atomic E-state index is 10.7. The van der Waals surface area contributed by atoms with Crippen LogP contribution in [0.25, 0.3) is 10.9 Å². The van der Waals surface area contributed by atoms with Crippen LogP contribution < -0.4 is 0 Å². The third kappa shape index (κ3) is 5.75. The predicted octanol–water partition coefficient (Wildman–Crippen LogP) is 5.41. The number of aryl methyl sites for hydroxylation is 1. The number of aliphatic hydroxyl groups is 1. The number of unbranched alkanes of at least 4 members (excludes halogenated alkanes) is 1. The number of nitrogens with zero attached hydrogens (tertiary/aromatic N) is 1. The lowest BCUT2D eigenvalue weighted by atomic mass is 10.0. The van der Waals surface area contributed by atoms with Gasteiger partial charge in [0.05, 0.1) is 5.52 Å². The SMILES string of the molecule is CC(C)CCCCc1cc2ccc(Cl)cc2n1C(O)CCCC(=O)O. The summed E-state index contributed by atoms with van der Waals surface area (Å²) in [5.41, 5.74) is 2.00. The van der Waals surface area contributed by atoms with Gasteiger partial charge in [-0.3, -0.25) is 4.79 Å². The molecule has 0 amide bonds. The van der Waals surface area contributed by atoms with Crippen molar-refractivity contribution in [3.8, 4) is 0 Å². The first-order chi connectivity index (χ1) is 11.9. The number of rotatable bonds is 10. The van der Waals surface area contributed by atoms with E-state index >= 15 is 0 Å². The molecule has 0 saturated heterocycles. The zero-order valence-corrected chi connectivity index (χ0v) is 15.8. The number of hydrogen-bond acceptors (Lipinski definition) is 2. The average molecular weight is 366 g/mol. The van der Waals surface area contributed by atoms with E-state index in [0.29, 0.717) is 23.8 Å². The molecule has 25 heavy (non-hydrogen) atoms. The Morgan fingerprint density at radius 2 is 1.92 bits per heavy atom. The molecule has 138 valence electrons. The van der Waals surface area contributed by atoms with Crippen LogP contribution in [-0.4, -0.2) is 20.7 Å². The summed E-state index contributed by atoms with van der Waals surface area (Å²) in [7, 11) is 0. The number of carboxylic acids is 1. The molecule has 0 saturated carbocycles. The van der Waals surface area contributed by atoms with E-state index in [1.807, 2.05) is 22.8 Å². The fourth-order valence-electron chi connectivity index (χ4n) is 3.22. The summed E-state index contributed by atoms with van der Waals surface area (Å²) < 4.78 is 1.93. The number of aliphatic hydroxyl groups excluding tert-OH is 1. The minimum absolute atomic E-state index is 0.0702. The molecule has 1 heterocycles. The standard InChI is InChI=1S/C20H28ClNO3/c1-14(2)6-3-4-7-17-12-15-10-11-16(21)13-18(15)22(17)19(23)8-5-9-20(24)25/h10-14,19,23H,3-9H2,1-2H3,(H,24,25). The van der Waals surface area contributed by atoms with Crippen molar-refractivity contribution in [1.29, 1.82) is 0 Å². The molecule has 0 bridgehead atoms. The second kappa shape index (κ2) is 9.25. The maximum Gasteiger partial charge on any atom is 0.303 e. The highest BCUT2D eigenvalue weighted by molar-refractivity contribution is 6.31. The van der Waals surface area contributed by atoms with E-state index in [0.717, 1.165) is 35.9 Å². The highest BCUT2D eigenvalue weighted by atomic mass is 35.5. The quantitative estimate of drug-likeness (QED) is 0.553.